The van der Waals surface area contributed by atoms with Crippen molar-refractivity contribution in [1.29, 1.82) is 0 Å². The van der Waals surface area contributed by atoms with Crippen molar-refractivity contribution in [3.8, 4) is 0 Å². The van der Waals surface area contributed by atoms with Gasteiger partial charge in [0.15, 0.2) is 0 Å². The zero-order valence-corrected chi connectivity index (χ0v) is 9.03. The molecular weight excluding hydrogens is 184 g/mol. The SMILES string of the molecule is CC(O)CO.CCC=C(CC)C(=O)O. The van der Waals surface area contributed by atoms with Crippen LogP contribution in [0.2, 0.25) is 0 Å². The molecule has 4 heteroatoms. The highest BCUT2D eigenvalue weighted by Gasteiger charge is 2.00. The molecule has 1 unspecified atom stereocenters. The summed E-state index contributed by atoms with van der Waals surface area (Å²) in [5.74, 6) is -0.792. The number of allylic oxidation sites excluding steroid dienone is 1. The number of rotatable bonds is 4. The Hall–Kier alpha value is -0.870. The Morgan fingerprint density at radius 2 is 1.86 bits per heavy atom. The Kier molecular flexibility index (Phi) is 11.4. The van der Waals surface area contributed by atoms with Crippen molar-refractivity contribution in [2.45, 2.75) is 39.7 Å². The lowest BCUT2D eigenvalue weighted by Crippen LogP contribution is -2.03. The third-order valence-corrected chi connectivity index (χ3v) is 1.37. The number of carbonyl (C=O) groups is 1. The van der Waals surface area contributed by atoms with E-state index in [0.717, 1.165) is 6.42 Å². The summed E-state index contributed by atoms with van der Waals surface area (Å²) < 4.78 is 0. The van der Waals surface area contributed by atoms with Crippen LogP contribution < -0.4 is 0 Å². The minimum atomic E-state index is -0.792. The number of carboxylic acid groups (broad SMARTS) is 1. The summed E-state index contributed by atoms with van der Waals surface area (Å²) >= 11 is 0. The van der Waals surface area contributed by atoms with E-state index in [4.69, 9.17) is 15.3 Å². The van der Waals surface area contributed by atoms with Gasteiger partial charge in [-0.15, -0.1) is 0 Å². The van der Waals surface area contributed by atoms with E-state index in [1.165, 1.54) is 6.92 Å². The van der Waals surface area contributed by atoms with Crippen LogP contribution in [0.25, 0.3) is 0 Å². The Morgan fingerprint density at radius 3 is 1.93 bits per heavy atom. The number of hydrogen-bond donors (Lipinski definition) is 3. The molecule has 1 atom stereocenters. The molecule has 0 aliphatic heterocycles. The molecule has 0 aromatic carbocycles. The first kappa shape index (κ1) is 15.6. The highest BCUT2D eigenvalue weighted by atomic mass is 16.4. The smallest absolute Gasteiger partial charge is 0.331 e. The zero-order chi connectivity index (χ0) is 11.6. The van der Waals surface area contributed by atoms with Crippen LogP contribution in [0.3, 0.4) is 0 Å². The topological polar surface area (TPSA) is 77.8 Å². The van der Waals surface area contributed by atoms with Crippen molar-refractivity contribution >= 4 is 5.97 Å². The maximum atomic E-state index is 10.3. The molecule has 0 saturated carbocycles. The summed E-state index contributed by atoms with van der Waals surface area (Å²) in [5.41, 5.74) is 0.512. The first-order chi connectivity index (χ1) is 6.49. The van der Waals surface area contributed by atoms with Crippen LogP contribution in [0.1, 0.15) is 33.6 Å². The predicted molar refractivity (Wildman–Crippen MR) is 55.1 cm³/mol. The molecule has 14 heavy (non-hydrogen) atoms. The van der Waals surface area contributed by atoms with Crippen LogP contribution >= 0.6 is 0 Å². The number of aliphatic hydroxyl groups is 2. The highest BCUT2D eigenvalue weighted by Crippen LogP contribution is 2.00. The van der Waals surface area contributed by atoms with Gasteiger partial charge in [-0.2, -0.15) is 0 Å². The van der Waals surface area contributed by atoms with Crippen LogP contribution in [-0.4, -0.2) is 34.0 Å². The van der Waals surface area contributed by atoms with Crippen molar-refractivity contribution < 1.29 is 20.1 Å². The fraction of sp³-hybridized carbons (Fsp3) is 0.700. The van der Waals surface area contributed by atoms with Crippen LogP contribution in [-0.2, 0) is 4.79 Å². The Balaban J connectivity index is 0. The molecule has 0 aromatic rings. The van der Waals surface area contributed by atoms with E-state index in [-0.39, 0.29) is 6.61 Å². The fourth-order valence-corrected chi connectivity index (χ4v) is 0.629. The molecule has 0 spiro atoms. The first-order valence-electron chi connectivity index (χ1n) is 4.70. The van der Waals surface area contributed by atoms with Gasteiger partial charge in [0.1, 0.15) is 0 Å². The van der Waals surface area contributed by atoms with E-state index >= 15 is 0 Å². The molecular formula is C10H20O4. The van der Waals surface area contributed by atoms with Gasteiger partial charge < -0.3 is 15.3 Å². The van der Waals surface area contributed by atoms with Crippen molar-refractivity contribution in [2.75, 3.05) is 6.61 Å². The predicted octanol–water partition coefficient (Wildman–Crippen LogP) is 1.18. The van der Waals surface area contributed by atoms with E-state index < -0.39 is 12.1 Å². The average molecular weight is 204 g/mol. The van der Waals surface area contributed by atoms with E-state index in [0.29, 0.717) is 12.0 Å². The normalized spacial score (nSPS) is 12.8. The molecule has 0 radical (unpaired) electrons. The van der Waals surface area contributed by atoms with Gasteiger partial charge in [0.25, 0.3) is 0 Å². The summed E-state index contributed by atoms with van der Waals surface area (Å²) in [5, 5.41) is 24.4. The summed E-state index contributed by atoms with van der Waals surface area (Å²) in [4.78, 5) is 10.3. The number of carboxylic acids is 1. The molecule has 0 saturated heterocycles. The summed E-state index contributed by atoms with van der Waals surface area (Å²) in [6.45, 7) is 5.16. The largest absolute Gasteiger partial charge is 0.478 e. The molecule has 0 fully saturated rings. The van der Waals surface area contributed by atoms with E-state index in [1.54, 1.807) is 6.08 Å². The maximum Gasteiger partial charge on any atom is 0.331 e. The Labute approximate surface area is 84.9 Å². The Morgan fingerprint density at radius 1 is 1.43 bits per heavy atom. The van der Waals surface area contributed by atoms with Crippen molar-refractivity contribution in [2.24, 2.45) is 0 Å². The molecule has 4 nitrogen and oxygen atoms in total. The minimum absolute atomic E-state index is 0.139. The standard InChI is InChI=1S/C7H12O2.C3H8O2/c1-3-5-6(4-2)7(8)9;1-3(5)2-4/h5H,3-4H2,1-2H3,(H,8,9);3-5H,2H2,1H3. The molecule has 0 aliphatic carbocycles. The van der Waals surface area contributed by atoms with Gasteiger partial charge in [-0.25, -0.2) is 4.79 Å². The van der Waals surface area contributed by atoms with Crippen LogP contribution in [0.15, 0.2) is 11.6 Å². The van der Waals surface area contributed by atoms with Gasteiger partial charge in [0, 0.05) is 5.57 Å². The molecule has 0 heterocycles. The maximum absolute atomic E-state index is 10.3. The lowest BCUT2D eigenvalue weighted by Gasteiger charge is -1.93. The van der Waals surface area contributed by atoms with Crippen molar-refractivity contribution in [3.05, 3.63) is 11.6 Å². The minimum Gasteiger partial charge on any atom is -0.478 e. The van der Waals surface area contributed by atoms with Crippen LogP contribution in [0.4, 0.5) is 0 Å². The molecule has 0 amide bonds. The van der Waals surface area contributed by atoms with Gasteiger partial charge in [-0.05, 0) is 19.8 Å². The van der Waals surface area contributed by atoms with Gasteiger partial charge in [-0.1, -0.05) is 19.9 Å². The van der Waals surface area contributed by atoms with Crippen LogP contribution in [0.5, 0.6) is 0 Å². The van der Waals surface area contributed by atoms with E-state index in [1.807, 2.05) is 13.8 Å². The second-order valence-electron chi connectivity index (χ2n) is 2.83. The third kappa shape index (κ3) is 11.1. The quantitative estimate of drug-likeness (QED) is 0.601. The monoisotopic (exact) mass is 204 g/mol. The van der Waals surface area contributed by atoms with Crippen molar-refractivity contribution in [3.63, 3.8) is 0 Å². The van der Waals surface area contributed by atoms with Crippen molar-refractivity contribution in [1.82, 2.24) is 0 Å². The number of hydrogen-bond acceptors (Lipinski definition) is 3. The number of aliphatic hydroxyl groups excluding tert-OH is 2. The van der Waals surface area contributed by atoms with E-state index in [9.17, 15) is 4.79 Å². The summed E-state index contributed by atoms with van der Waals surface area (Å²) in [6.07, 6.45) is 2.59. The molecule has 0 rings (SSSR count). The van der Waals surface area contributed by atoms with Gasteiger partial charge in [-0.3, -0.25) is 0 Å². The molecule has 84 valence electrons. The third-order valence-electron chi connectivity index (χ3n) is 1.37. The number of aliphatic carboxylic acids is 1. The molecule has 3 N–H and O–H groups in total. The molecule has 0 aliphatic rings. The fourth-order valence-electron chi connectivity index (χ4n) is 0.629. The lowest BCUT2D eigenvalue weighted by molar-refractivity contribution is -0.132. The van der Waals surface area contributed by atoms with Crippen LogP contribution in [0, 0.1) is 0 Å². The van der Waals surface area contributed by atoms with E-state index in [2.05, 4.69) is 0 Å². The zero-order valence-electron chi connectivity index (χ0n) is 9.03. The van der Waals surface area contributed by atoms with Gasteiger partial charge >= 0.3 is 5.97 Å². The first-order valence-corrected chi connectivity index (χ1v) is 4.70. The second-order valence-corrected chi connectivity index (χ2v) is 2.83. The molecule has 0 aromatic heterocycles. The summed E-state index contributed by atoms with van der Waals surface area (Å²) in [6, 6.07) is 0. The molecule has 0 bridgehead atoms. The Bertz CT molecular complexity index is 173. The highest BCUT2D eigenvalue weighted by molar-refractivity contribution is 5.86. The van der Waals surface area contributed by atoms with Gasteiger partial charge in [0.2, 0.25) is 0 Å². The van der Waals surface area contributed by atoms with Gasteiger partial charge in [0.05, 0.1) is 12.7 Å². The second kappa shape index (κ2) is 10.2. The summed E-state index contributed by atoms with van der Waals surface area (Å²) in [7, 11) is 0. The average Bonchev–Trinajstić information content (AvgIpc) is 2.14. The lowest BCUT2D eigenvalue weighted by atomic mass is 10.2.